The Hall–Kier alpha value is -1.80. The molecule has 0 amide bonds. The smallest absolute Gasteiger partial charge is 0.311 e. The van der Waals surface area contributed by atoms with Crippen molar-refractivity contribution < 1.29 is 9.85 Å². The molecule has 0 fully saturated rings. The van der Waals surface area contributed by atoms with E-state index in [0.717, 1.165) is 18.2 Å². The van der Waals surface area contributed by atoms with Crippen LogP contribution in [-0.2, 0) is 0 Å². The third kappa shape index (κ3) is 1.36. The van der Waals surface area contributed by atoms with Crippen molar-refractivity contribution in [2.24, 2.45) is 11.5 Å². The Labute approximate surface area is 78.2 Å². The van der Waals surface area contributed by atoms with Crippen molar-refractivity contribution in [2.75, 3.05) is 0 Å². The number of rotatable bonds is 2. The van der Waals surface area contributed by atoms with Crippen LogP contribution in [0.2, 0.25) is 0 Å². The van der Waals surface area contributed by atoms with Gasteiger partial charge < -0.3 is 5.73 Å². The summed E-state index contributed by atoms with van der Waals surface area (Å²) in [4.78, 5) is 19.4. The highest BCUT2D eigenvalue weighted by Crippen LogP contribution is 2.20. The van der Waals surface area contributed by atoms with Crippen molar-refractivity contribution in [3.8, 4) is 0 Å². The first-order valence-corrected chi connectivity index (χ1v) is 3.62. The Morgan fingerprint density at radius 3 is 2.43 bits per heavy atom. The van der Waals surface area contributed by atoms with Gasteiger partial charge in [0.05, 0.1) is 4.92 Å². The van der Waals surface area contributed by atoms with Crippen molar-refractivity contribution in [1.82, 2.24) is 0 Å². The third-order valence-electron chi connectivity index (χ3n) is 1.97. The average Bonchev–Trinajstić information content (AvgIpc) is 2.09. The second-order valence-electron chi connectivity index (χ2n) is 2.83. The highest BCUT2D eigenvalue weighted by molar-refractivity contribution is 5.26. The molecule has 0 aliphatic heterocycles. The van der Waals surface area contributed by atoms with Crippen LogP contribution in [-0.4, -0.2) is 21.6 Å². The minimum atomic E-state index is -2.10. The molecule has 0 bridgehead atoms. The Bertz CT molecular complexity index is 350. The van der Waals surface area contributed by atoms with Crippen LogP contribution in [0.4, 0.5) is 0 Å². The number of nitrogens with two attached hydrogens (primary N) is 2. The van der Waals surface area contributed by atoms with Crippen molar-refractivity contribution in [3.05, 3.63) is 44.2 Å². The lowest BCUT2D eigenvalue weighted by atomic mass is 9.95. The fourth-order valence-electron chi connectivity index (χ4n) is 1.09. The second kappa shape index (κ2) is 3.16. The molecule has 4 N–H and O–H groups in total. The molecule has 2 atom stereocenters. The van der Waals surface area contributed by atoms with Gasteiger partial charge in [-0.25, -0.2) is 0 Å². The van der Waals surface area contributed by atoms with Gasteiger partial charge in [0.25, 0.3) is 5.70 Å². The summed E-state index contributed by atoms with van der Waals surface area (Å²) in [7, 11) is 0. The summed E-state index contributed by atoms with van der Waals surface area (Å²) in [5.74, 6) is 0. The molecule has 76 valence electrons. The molecule has 0 radical (unpaired) electrons. The zero-order valence-corrected chi connectivity index (χ0v) is 6.99. The Balaban J connectivity index is 3.11. The lowest BCUT2D eigenvalue weighted by Gasteiger charge is -2.23. The number of nitrogens with zero attached hydrogens (tertiary/aromatic N) is 2. The molecule has 1 rings (SSSR count). The number of allylic oxidation sites excluding steroid dienone is 2. The second-order valence-corrected chi connectivity index (χ2v) is 2.83. The highest BCUT2D eigenvalue weighted by atomic mass is 16.6. The maximum absolute atomic E-state index is 10.6. The molecule has 14 heavy (non-hydrogen) atoms. The van der Waals surface area contributed by atoms with Gasteiger partial charge >= 0.3 is 5.66 Å². The molecule has 0 saturated carbocycles. The number of hydrogen-bond donors (Lipinski definition) is 2. The first-order chi connectivity index (χ1) is 6.39. The van der Waals surface area contributed by atoms with Gasteiger partial charge in [-0.1, -0.05) is 6.08 Å². The molecule has 0 aromatic heterocycles. The van der Waals surface area contributed by atoms with E-state index in [2.05, 4.69) is 0 Å². The summed E-state index contributed by atoms with van der Waals surface area (Å²) in [6.07, 6.45) is 3.29. The molecule has 1 aliphatic carbocycles. The normalized spacial score (nSPS) is 31.0. The van der Waals surface area contributed by atoms with Gasteiger partial charge in [0.2, 0.25) is 0 Å². The molecule has 0 aromatic carbocycles. The van der Waals surface area contributed by atoms with E-state index in [1.54, 1.807) is 0 Å². The standard InChI is InChI=1S/C6H8N4O4/c7-5-4(9(11)12)2-1-3-6(5,8)10(13)14/h1-3,5H,7-8H2. The van der Waals surface area contributed by atoms with Crippen LogP contribution >= 0.6 is 0 Å². The van der Waals surface area contributed by atoms with Crippen LogP contribution in [0.25, 0.3) is 0 Å². The first-order valence-electron chi connectivity index (χ1n) is 3.62. The maximum Gasteiger partial charge on any atom is 0.317 e. The van der Waals surface area contributed by atoms with Gasteiger partial charge in [0.1, 0.15) is 0 Å². The van der Waals surface area contributed by atoms with Crippen molar-refractivity contribution in [1.29, 1.82) is 0 Å². The fourth-order valence-corrected chi connectivity index (χ4v) is 1.09. The molecule has 8 nitrogen and oxygen atoms in total. The van der Waals surface area contributed by atoms with Crippen molar-refractivity contribution in [2.45, 2.75) is 11.7 Å². The van der Waals surface area contributed by atoms with Gasteiger partial charge in [-0.3, -0.25) is 26.0 Å². The topological polar surface area (TPSA) is 138 Å². The Kier molecular flexibility index (Phi) is 2.32. The van der Waals surface area contributed by atoms with E-state index in [0.29, 0.717) is 0 Å². The van der Waals surface area contributed by atoms with E-state index < -0.39 is 27.2 Å². The van der Waals surface area contributed by atoms with Crippen LogP contribution in [0, 0.1) is 20.2 Å². The molecule has 0 heterocycles. The van der Waals surface area contributed by atoms with Crippen LogP contribution < -0.4 is 11.5 Å². The van der Waals surface area contributed by atoms with Crippen LogP contribution in [0.5, 0.6) is 0 Å². The predicted octanol–water partition coefficient (Wildman–Crippen LogP) is -1.02. The monoisotopic (exact) mass is 200 g/mol. The Morgan fingerprint density at radius 1 is 1.43 bits per heavy atom. The fraction of sp³-hybridized carbons (Fsp3) is 0.333. The summed E-state index contributed by atoms with van der Waals surface area (Å²) in [5.41, 5.74) is 8.08. The molecular weight excluding hydrogens is 192 g/mol. The number of nitro groups is 2. The molecule has 8 heteroatoms. The summed E-state index contributed by atoms with van der Waals surface area (Å²) in [6.45, 7) is 0. The van der Waals surface area contributed by atoms with E-state index in [4.69, 9.17) is 11.5 Å². The Morgan fingerprint density at radius 2 is 2.00 bits per heavy atom. The minimum Gasteiger partial charge on any atom is -0.311 e. The molecule has 0 saturated heterocycles. The van der Waals surface area contributed by atoms with Gasteiger partial charge in [-0.05, 0) is 0 Å². The van der Waals surface area contributed by atoms with Gasteiger partial charge in [0.15, 0.2) is 6.04 Å². The van der Waals surface area contributed by atoms with Gasteiger partial charge in [-0.15, -0.1) is 0 Å². The summed E-state index contributed by atoms with van der Waals surface area (Å²) in [6, 6.07) is -1.45. The zero-order chi connectivity index (χ0) is 10.9. The first kappa shape index (κ1) is 10.3. The van der Waals surface area contributed by atoms with Gasteiger partial charge in [0, 0.05) is 17.1 Å². The number of hydrogen-bond acceptors (Lipinski definition) is 6. The lowest BCUT2D eigenvalue weighted by molar-refractivity contribution is -0.563. The molecule has 1 aliphatic rings. The largest absolute Gasteiger partial charge is 0.317 e. The third-order valence-corrected chi connectivity index (χ3v) is 1.97. The zero-order valence-electron chi connectivity index (χ0n) is 6.99. The summed E-state index contributed by atoms with van der Waals surface area (Å²) < 4.78 is 0. The van der Waals surface area contributed by atoms with E-state index in [1.807, 2.05) is 0 Å². The van der Waals surface area contributed by atoms with Crippen LogP contribution in [0.15, 0.2) is 23.9 Å². The molecule has 0 spiro atoms. The SMILES string of the molecule is NC1C([N+](=O)[O-])=CC=CC1(N)[N+](=O)[O-]. The average molecular weight is 200 g/mol. The van der Waals surface area contributed by atoms with E-state index in [9.17, 15) is 20.2 Å². The molecule has 2 unspecified atom stereocenters. The van der Waals surface area contributed by atoms with Crippen molar-refractivity contribution in [3.63, 3.8) is 0 Å². The molecule has 0 aromatic rings. The quantitative estimate of drug-likeness (QED) is 0.332. The summed E-state index contributed by atoms with van der Waals surface area (Å²) >= 11 is 0. The minimum absolute atomic E-state index is 0.466. The van der Waals surface area contributed by atoms with Crippen LogP contribution in [0.1, 0.15) is 0 Å². The summed E-state index contributed by atoms with van der Waals surface area (Å²) in [5, 5.41) is 21.0. The predicted molar refractivity (Wildman–Crippen MR) is 46.1 cm³/mol. The van der Waals surface area contributed by atoms with E-state index in [-0.39, 0.29) is 0 Å². The van der Waals surface area contributed by atoms with E-state index >= 15 is 0 Å². The molecular formula is C6H8N4O4. The highest BCUT2D eigenvalue weighted by Gasteiger charge is 2.50. The van der Waals surface area contributed by atoms with E-state index in [1.165, 1.54) is 0 Å². The lowest BCUT2D eigenvalue weighted by Crippen LogP contribution is -2.61. The maximum atomic E-state index is 10.6. The van der Waals surface area contributed by atoms with Gasteiger partial charge in [-0.2, -0.15) is 0 Å². The van der Waals surface area contributed by atoms with Crippen molar-refractivity contribution >= 4 is 0 Å². The van der Waals surface area contributed by atoms with Crippen LogP contribution in [0.3, 0.4) is 0 Å².